The van der Waals surface area contributed by atoms with Crippen LogP contribution >= 0.6 is 0 Å². The highest BCUT2D eigenvalue weighted by Gasteiger charge is 2.34. The van der Waals surface area contributed by atoms with Crippen molar-refractivity contribution in [3.8, 4) is 0 Å². The minimum absolute atomic E-state index is 0.00926. The standard InChI is InChI=1S/C6H2F5N/c7-4-2-12-5(8)1-3(4)6(9,10)11/h1-2H. The Balaban J connectivity index is 3.23. The van der Waals surface area contributed by atoms with E-state index in [1.54, 1.807) is 0 Å². The SMILES string of the molecule is Fc1cc(C(F)(F)F)c(F)cn1. The van der Waals surface area contributed by atoms with Gasteiger partial charge in [0.2, 0.25) is 5.95 Å². The molecule has 0 aliphatic heterocycles. The van der Waals surface area contributed by atoms with Gasteiger partial charge in [0.15, 0.2) is 5.82 Å². The lowest BCUT2D eigenvalue weighted by molar-refractivity contribution is -0.140. The first-order valence-corrected chi connectivity index (χ1v) is 2.79. The normalized spacial score (nSPS) is 11.8. The van der Waals surface area contributed by atoms with Gasteiger partial charge in [-0.3, -0.25) is 0 Å². The summed E-state index contributed by atoms with van der Waals surface area (Å²) in [6.45, 7) is 0. The van der Waals surface area contributed by atoms with Gasteiger partial charge in [0.05, 0.1) is 11.8 Å². The smallest absolute Gasteiger partial charge is 0.225 e. The highest BCUT2D eigenvalue weighted by atomic mass is 19.4. The molecule has 0 atom stereocenters. The minimum atomic E-state index is -4.88. The van der Waals surface area contributed by atoms with E-state index in [1.165, 1.54) is 0 Å². The maximum Gasteiger partial charge on any atom is 0.419 e. The van der Waals surface area contributed by atoms with Crippen molar-refractivity contribution in [1.82, 2.24) is 4.98 Å². The molecule has 0 radical (unpaired) electrons. The lowest BCUT2D eigenvalue weighted by Crippen LogP contribution is -2.09. The summed E-state index contributed by atoms with van der Waals surface area (Å²) in [5.74, 6) is -2.94. The van der Waals surface area contributed by atoms with E-state index in [2.05, 4.69) is 4.98 Å². The first kappa shape index (κ1) is 8.89. The van der Waals surface area contributed by atoms with E-state index in [0.29, 0.717) is 0 Å². The molecule has 6 heteroatoms. The van der Waals surface area contributed by atoms with Crippen molar-refractivity contribution in [3.05, 3.63) is 29.6 Å². The molecule has 1 heterocycles. The van der Waals surface area contributed by atoms with Crippen molar-refractivity contribution in [2.45, 2.75) is 6.18 Å². The quantitative estimate of drug-likeness (QED) is 0.444. The van der Waals surface area contributed by atoms with Crippen molar-refractivity contribution in [2.75, 3.05) is 0 Å². The number of pyridine rings is 1. The first-order chi connectivity index (χ1) is 5.41. The number of halogens is 5. The fourth-order valence-electron chi connectivity index (χ4n) is 0.630. The maximum absolute atomic E-state index is 12.3. The molecule has 0 amide bonds. The molecular formula is C6H2F5N. The van der Waals surface area contributed by atoms with Crippen LogP contribution in [0.1, 0.15) is 5.56 Å². The van der Waals surface area contributed by atoms with Crippen LogP contribution in [0.2, 0.25) is 0 Å². The average molecular weight is 183 g/mol. The predicted octanol–water partition coefficient (Wildman–Crippen LogP) is 2.38. The van der Waals surface area contributed by atoms with Gasteiger partial charge in [-0.15, -0.1) is 0 Å². The molecule has 0 unspecified atom stereocenters. The van der Waals surface area contributed by atoms with Gasteiger partial charge in [-0.05, 0) is 0 Å². The highest BCUT2D eigenvalue weighted by molar-refractivity contribution is 5.16. The van der Waals surface area contributed by atoms with Crippen LogP contribution in [-0.2, 0) is 6.18 Å². The zero-order valence-corrected chi connectivity index (χ0v) is 5.49. The number of rotatable bonds is 0. The molecule has 0 N–H and O–H groups in total. The van der Waals surface area contributed by atoms with Crippen LogP contribution in [0.3, 0.4) is 0 Å². The molecule has 0 aliphatic rings. The Morgan fingerprint density at radius 2 is 1.75 bits per heavy atom. The van der Waals surface area contributed by atoms with Crippen LogP contribution in [0.25, 0.3) is 0 Å². The van der Waals surface area contributed by atoms with Gasteiger partial charge < -0.3 is 0 Å². The van der Waals surface area contributed by atoms with E-state index in [9.17, 15) is 22.0 Å². The van der Waals surface area contributed by atoms with Crippen molar-refractivity contribution < 1.29 is 22.0 Å². The number of hydrogen-bond acceptors (Lipinski definition) is 1. The Morgan fingerprint density at radius 3 is 2.17 bits per heavy atom. The summed E-state index contributed by atoms with van der Waals surface area (Å²) in [5.41, 5.74) is -1.64. The van der Waals surface area contributed by atoms with E-state index >= 15 is 0 Å². The van der Waals surface area contributed by atoms with Crippen LogP contribution in [-0.4, -0.2) is 4.98 Å². The molecule has 0 spiro atoms. The molecule has 0 saturated carbocycles. The van der Waals surface area contributed by atoms with Gasteiger partial charge in [-0.25, -0.2) is 9.37 Å². The summed E-state index contributed by atoms with van der Waals surface area (Å²) in [5, 5.41) is 0. The van der Waals surface area contributed by atoms with Gasteiger partial charge in [0.25, 0.3) is 0 Å². The van der Waals surface area contributed by atoms with Crippen molar-refractivity contribution in [3.63, 3.8) is 0 Å². The van der Waals surface area contributed by atoms with Crippen molar-refractivity contribution in [1.29, 1.82) is 0 Å². The van der Waals surface area contributed by atoms with Gasteiger partial charge >= 0.3 is 6.18 Å². The molecule has 0 bridgehead atoms. The topological polar surface area (TPSA) is 12.9 Å². The summed E-state index contributed by atoms with van der Waals surface area (Å²) < 4.78 is 59.8. The Kier molecular flexibility index (Phi) is 1.99. The number of aromatic nitrogens is 1. The lowest BCUT2D eigenvalue weighted by atomic mass is 10.2. The lowest BCUT2D eigenvalue weighted by Gasteiger charge is -2.06. The van der Waals surface area contributed by atoms with Gasteiger partial charge in [-0.1, -0.05) is 0 Å². The van der Waals surface area contributed by atoms with E-state index in [4.69, 9.17) is 0 Å². The molecule has 12 heavy (non-hydrogen) atoms. The first-order valence-electron chi connectivity index (χ1n) is 2.79. The Hall–Kier alpha value is -1.20. The van der Waals surface area contributed by atoms with E-state index in [-0.39, 0.29) is 12.3 Å². The molecular weight excluding hydrogens is 181 g/mol. The van der Waals surface area contributed by atoms with Crippen LogP contribution in [0.4, 0.5) is 22.0 Å². The fraction of sp³-hybridized carbons (Fsp3) is 0.167. The summed E-state index contributed by atoms with van der Waals surface area (Å²) in [6.07, 6.45) is -4.69. The third kappa shape index (κ3) is 1.69. The van der Waals surface area contributed by atoms with E-state index < -0.39 is 23.5 Å². The minimum Gasteiger partial charge on any atom is -0.225 e. The molecule has 0 aromatic carbocycles. The Morgan fingerprint density at radius 1 is 1.17 bits per heavy atom. The highest BCUT2D eigenvalue weighted by Crippen LogP contribution is 2.30. The summed E-state index contributed by atoms with van der Waals surface area (Å²) in [6, 6.07) is 0.00926. The number of hydrogen-bond donors (Lipinski definition) is 0. The third-order valence-electron chi connectivity index (χ3n) is 1.13. The van der Waals surface area contributed by atoms with Crippen LogP contribution in [0.15, 0.2) is 12.3 Å². The fourth-order valence-corrected chi connectivity index (χ4v) is 0.630. The van der Waals surface area contributed by atoms with Crippen molar-refractivity contribution in [2.24, 2.45) is 0 Å². The zero-order chi connectivity index (χ0) is 9.35. The summed E-state index contributed by atoms with van der Waals surface area (Å²) in [7, 11) is 0. The Labute approximate surface area is 63.8 Å². The maximum atomic E-state index is 12.3. The predicted molar refractivity (Wildman–Crippen MR) is 29.2 cm³/mol. The molecule has 1 rings (SSSR count). The molecule has 0 aliphatic carbocycles. The summed E-state index contributed by atoms with van der Waals surface area (Å²) >= 11 is 0. The Bertz CT molecular complexity index is 292. The van der Waals surface area contributed by atoms with Gasteiger partial charge in [0.1, 0.15) is 0 Å². The molecule has 1 aromatic rings. The molecule has 1 nitrogen and oxygen atoms in total. The molecule has 0 saturated heterocycles. The number of alkyl halides is 3. The van der Waals surface area contributed by atoms with Crippen LogP contribution < -0.4 is 0 Å². The van der Waals surface area contributed by atoms with Crippen LogP contribution in [0.5, 0.6) is 0 Å². The molecule has 0 fully saturated rings. The second-order valence-electron chi connectivity index (χ2n) is 1.98. The van der Waals surface area contributed by atoms with Gasteiger partial charge in [0, 0.05) is 6.07 Å². The van der Waals surface area contributed by atoms with Crippen molar-refractivity contribution >= 4 is 0 Å². The zero-order valence-electron chi connectivity index (χ0n) is 5.49. The average Bonchev–Trinajstić information content (AvgIpc) is 1.92. The van der Waals surface area contributed by atoms with E-state index in [0.717, 1.165) is 0 Å². The van der Waals surface area contributed by atoms with E-state index in [1.807, 2.05) is 0 Å². The third-order valence-corrected chi connectivity index (χ3v) is 1.13. The van der Waals surface area contributed by atoms with Gasteiger partial charge in [-0.2, -0.15) is 17.6 Å². The monoisotopic (exact) mass is 183 g/mol. The second-order valence-corrected chi connectivity index (χ2v) is 1.98. The molecule has 1 aromatic heterocycles. The second kappa shape index (κ2) is 2.69. The van der Waals surface area contributed by atoms with Crippen LogP contribution in [0, 0.1) is 11.8 Å². The largest absolute Gasteiger partial charge is 0.419 e. The number of nitrogens with zero attached hydrogens (tertiary/aromatic N) is 1. The molecule has 66 valence electrons. The summed E-state index contributed by atoms with van der Waals surface area (Å²) in [4.78, 5) is 2.71.